The minimum atomic E-state index is -0.428. The molecule has 0 fully saturated rings. The van der Waals surface area contributed by atoms with Crippen LogP contribution < -0.4 is 5.32 Å². The molecule has 1 aromatic rings. The summed E-state index contributed by atoms with van der Waals surface area (Å²) in [6.45, 7) is 3.37. The topological polar surface area (TPSA) is 45.0 Å². The maximum absolute atomic E-state index is 8.98. The Labute approximate surface area is 110 Å². The van der Waals surface area contributed by atoms with Crippen molar-refractivity contribution in [1.29, 1.82) is 5.26 Å². The zero-order valence-corrected chi connectivity index (χ0v) is 11.3. The van der Waals surface area contributed by atoms with E-state index in [2.05, 4.69) is 23.5 Å². The third kappa shape index (κ3) is 5.31. The second kappa shape index (κ2) is 7.86. The van der Waals surface area contributed by atoms with Crippen molar-refractivity contribution in [1.82, 2.24) is 5.32 Å². The SMILES string of the molecule is CNC(C)(C#N)CCCOCCc1ccccc1. The largest absolute Gasteiger partial charge is 0.381 e. The summed E-state index contributed by atoms with van der Waals surface area (Å²) in [7, 11) is 1.82. The van der Waals surface area contributed by atoms with Gasteiger partial charge in [0.25, 0.3) is 0 Å². The van der Waals surface area contributed by atoms with Gasteiger partial charge in [0.05, 0.1) is 12.7 Å². The van der Waals surface area contributed by atoms with Crippen LogP contribution in [0.4, 0.5) is 0 Å². The third-order valence-corrected chi connectivity index (χ3v) is 3.14. The van der Waals surface area contributed by atoms with Gasteiger partial charge in [-0.2, -0.15) is 5.26 Å². The Bertz CT molecular complexity index is 372. The maximum Gasteiger partial charge on any atom is 0.103 e. The zero-order valence-electron chi connectivity index (χ0n) is 11.3. The molecule has 98 valence electrons. The maximum atomic E-state index is 8.98. The summed E-state index contributed by atoms with van der Waals surface area (Å²) in [5, 5.41) is 12.0. The van der Waals surface area contributed by atoms with Crippen LogP contribution in [0.5, 0.6) is 0 Å². The molecule has 18 heavy (non-hydrogen) atoms. The van der Waals surface area contributed by atoms with Gasteiger partial charge in [0.15, 0.2) is 0 Å². The molecule has 0 aliphatic carbocycles. The predicted octanol–water partition coefficient (Wildman–Crippen LogP) is 2.53. The fourth-order valence-electron chi connectivity index (χ4n) is 1.70. The molecule has 0 aromatic heterocycles. The van der Waals surface area contributed by atoms with E-state index in [0.717, 1.165) is 25.9 Å². The Morgan fingerprint density at radius 1 is 1.28 bits per heavy atom. The molecule has 1 rings (SSSR count). The van der Waals surface area contributed by atoms with Gasteiger partial charge in [-0.25, -0.2) is 0 Å². The smallest absolute Gasteiger partial charge is 0.103 e. The molecule has 0 aliphatic rings. The van der Waals surface area contributed by atoms with Gasteiger partial charge in [-0.1, -0.05) is 30.3 Å². The molecule has 0 saturated heterocycles. The van der Waals surface area contributed by atoms with E-state index in [1.54, 1.807) is 0 Å². The minimum Gasteiger partial charge on any atom is -0.381 e. The Morgan fingerprint density at radius 3 is 2.61 bits per heavy atom. The van der Waals surface area contributed by atoms with Gasteiger partial charge in [-0.3, -0.25) is 0 Å². The highest BCUT2D eigenvalue weighted by molar-refractivity contribution is 5.14. The van der Waals surface area contributed by atoms with E-state index >= 15 is 0 Å². The van der Waals surface area contributed by atoms with E-state index < -0.39 is 5.54 Å². The van der Waals surface area contributed by atoms with Crippen LogP contribution in [0.1, 0.15) is 25.3 Å². The number of rotatable bonds is 8. The second-order valence-electron chi connectivity index (χ2n) is 4.65. The monoisotopic (exact) mass is 246 g/mol. The molecule has 0 spiro atoms. The number of hydrogen-bond donors (Lipinski definition) is 1. The first-order valence-electron chi connectivity index (χ1n) is 6.42. The normalized spacial score (nSPS) is 13.8. The van der Waals surface area contributed by atoms with Crippen molar-refractivity contribution >= 4 is 0 Å². The third-order valence-electron chi connectivity index (χ3n) is 3.14. The van der Waals surface area contributed by atoms with Crippen molar-refractivity contribution in [2.24, 2.45) is 0 Å². The van der Waals surface area contributed by atoms with E-state index in [1.807, 2.05) is 32.2 Å². The second-order valence-corrected chi connectivity index (χ2v) is 4.65. The summed E-state index contributed by atoms with van der Waals surface area (Å²) in [4.78, 5) is 0. The van der Waals surface area contributed by atoms with Crippen molar-refractivity contribution in [2.75, 3.05) is 20.3 Å². The van der Waals surface area contributed by atoms with Crippen LogP contribution in [0.25, 0.3) is 0 Å². The lowest BCUT2D eigenvalue weighted by Crippen LogP contribution is -2.38. The Morgan fingerprint density at radius 2 is 2.00 bits per heavy atom. The van der Waals surface area contributed by atoms with E-state index in [9.17, 15) is 0 Å². The molecule has 0 aliphatic heterocycles. The van der Waals surface area contributed by atoms with Crippen LogP contribution in [0.3, 0.4) is 0 Å². The van der Waals surface area contributed by atoms with Crippen LogP contribution in [0.2, 0.25) is 0 Å². The van der Waals surface area contributed by atoms with Gasteiger partial charge in [0, 0.05) is 6.61 Å². The number of nitrogens with one attached hydrogen (secondary N) is 1. The van der Waals surface area contributed by atoms with Gasteiger partial charge in [0.2, 0.25) is 0 Å². The number of benzene rings is 1. The van der Waals surface area contributed by atoms with Gasteiger partial charge in [-0.15, -0.1) is 0 Å². The summed E-state index contributed by atoms with van der Waals surface area (Å²) in [6.07, 6.45) is 2.66. The highest BCUT2D eigenvalue weighted by Gasteiger charge is 2.19. The first-order valence-corrected chi connectivity index (χ1v) is 6.42. The predicted molar refractivity (Wildman–Crippen MR) is 73.3 cm³/mol. The van der Waals surface area contributed by atoms with Crippen molar-refractivity contribution in [3.8, 4) is 6.07 Å². The summed E-state index contributed by atoms with van der Waals surface area (Å²) >= 11 is 0. The van der Waals surface area contributed by atoms with Crippen LogP contribution in [0, 0.1) is 11.3 Å². The molecule has 0 amide bonds. The lowest BCUT2D eigenvalue weighted by Gasteiger charge is -2.20. The fourth-order valence-corrected chi connectivity index (χ4v) is 1.70. The van der Waals surface area contributed by atoms with Crippen molar-refractivity contribution in [3.63, 3.8) is 0 Å². The Kier molecular flexibility index (Phi) is 6.42. The average Bonchev–Trinajstić information content (AvgIpc) is 2.43. The zero-order chi connectivity index (χ0) is 13.3. The number of nitriles is 1. The average molecular weight is 246 g/mol. The van der Waals surface area contributed by atoms with Crippen LogP contribution >= 0.6 is 0 Å². The van der Waals surface area contributed by atoms with Crippen LogP contribution in [-0.4, -0.2) is 25.8 Å². The first kappa shape index (κ1) is 14.7. The molecule has 1 unspecified atom stereocenters. The molecule has 0 radical (unpaired) electrons. The highest BCUT2D eigenvalue weighted by atomic mass is 16.5. The molecule has 1 aromatic carbocycles. The quantitative estimate of drug-likeness (QED) is 0.717. The number of nitrogens with zero attached hydrogens (tertiary/aromatic N) is 1. The van der Waals surface area contributed by atoms with E-state index in [1.165, 1.54) is 5.56 Å². The number of ether oxygens (including phenoxy) is 1. The summed E-state index contributed by atoms with van der Waals surface area (Å²) in [6, 6.07) is 12.6. The fraction of sp³-hybridized carbons (Fsp3) is 0.533. The molecule has 0 saturated carbocycles. The van der Waals surface area contributed by atoms with Crippen molar-refractivity contribution < 1.29 is 4.74 Å². The summed E-state index contributed by atoms with van der Waals surface area (Å²) < 4.78 is 5.58. The minimum absolute atomic E-state index is 0.428. The highest BCUT2D eigenvalue weighted by Crippen LogP contribution is 2.10. The number of hydrogen-bond acceptors (Lipinski definition) is 3. The van der Waals surface area contributed by atoms with Gasteiger partial charge >= 0.3 is 0 Å². The molecule has 3 heteroatoms. The van der Waals surface area contributed by atoms with E-state index in [-0.39, 0.29) is 0 Å². The molecule has 0 bridgehead atoms. The summed E-state index contributed by atoms with van der Waals surface area (Å²) in [5.74, 6) is 0. The molecule has 1 N–H and O–H groups in total. The molecular formula is C15H22N2O. The Hall–Kier alpha value is -1.37. The Balaban J connectivity index is 2.08. The molecular weight excluding hydrogens is 224 g/mol. The lowest BCUT2D eigenvalue weighted by molar-refractivity contribution is 0.129. The van der Waals surface area contributed by atoms with Crippen molar-refractivity contribution in [3.05, 3.63) is 35.9 Å². The van der Waals surface area contributed by atoms with Crippen molar-refractivity contribution in [2.45, 2.75) is 31.7 Å². The van der Waals surface area contributed by atoms with E-state index in [4.69, 9.17) is 10.00 Å². The molecule has 0 heterocycles. The van der Waals surface area contributed by atoms with Gasteiger partial charge < -0.3 is 10.1 Å². The first-order chi connectivity index (χ1) is 8.70. The van der Waals surface area contributed by atoms with Gasteiger partial charge in [0.1, 0.15) is 5.54 Å². The molecule has 3 nitrogen and oxygen atoms in total. The lowest BCUT2D eigenvalue weighted by atomic mass is 9.98. The standard InChI is InChI=1S/C15H22N2O/c1-15(13-16,17-2)10-6-11-18-12-9-14-7-4-3-5-8-14/h3-5,7-8,17H,6,9-12H2,1-2H3. The van der Waals surface area contributed by atoms with Crippen LogP contribution in [-0.2, 0) is 11.2 Å². The van der Waals surface area contributed by atoms with Crippen LogP contribution in [0.15, 0.2) is 30.3 Å². The van der Waals surface area contributed by atoms with E-state index in [0.29, 0.717) is 6.61 Å². The van der Waals surface area contributed by atoms with Gasteiger partial charge in [-0.05, 0) is 38.8 Å². The molecule has 1 atom stereocenters. The summed E-state index contributed by atoms with van der Waals surface area (Å²) in [5.41, 5.74) is 0.873.